The van der Waals surface area contributed by atoms with Crippen LogP contribution in [0.25, 0.3) is 22.3 Å². The predicted octanol–water partition coefficient (Wildman–Crippen LogP) is 7.91. The molecule has 2 aliphatic heterocycles. The predicted molar refractivity (Wildman–Crippen MR) is 174 cm³/mol. The molecule has 0 amide bonds. The van der Waals surface area contributed by atoms with Crippen LogP contribution in [0.5, 0.6) is 23.0 Å². The van der Waals surface area contributed by atoms with Crippen LogP contribution in [-0.2, 0) is 14.2 Å². The first-order valence-corrected chi connectivity index (χ1v) is 15.4. The average molecular weight is 611 g/mol. The number of ether oxygens (including phenoxy) is 3. The number of epoxide rings is 2. The monoisotopic (exact) mass is 610 g/mol. The molecule has 0 saturated carbocycles. The summed E-state index contributed by atoms with van der Waals surface area (Å²) >= 11 is 0. The molecule has 2 heterocycles. The highest BCUT2D eigenvalue weighted by atomic mass is 16.6. The Balaban J connectivity index is 1.54. The first kappa shape index (κ1) is 31.0. The van der Waals surface area contributed by atoms with Crippen molar-refractivity contribution in [1.29, 1.82) is 0 Å². The molecule has 2 fully saturated rings. The SMILES string of the molecule is Cc1cc(-c2cc(C)c(O)c(C)c2C(OC(c2c(-c3cc(C)c(O)c(C)c3)cc(C)c(O)c2C)C2CO2)C2CO2)cc(C)c1O. The highest BCUT2D eigenvalue weighted by Gasteiger charge is 2.45. The van der Waals surface area contributed by atoms with Crippen molar-refractivity contribution >= 4 is 0 Å². The van der Waals surface area contributed by atoms with Gasteiger partial charge in [0.05, 0.1) is 13.2 Å². The van der Waals surface area contributed by atoms with Crippen molar-refractivity contribution < 1.29 is 34.6 Å². The van der Waals surface area contributed by atoms with Gasteiger partial charge in [-0.05, 0) is 170 Å². The van der Waals surface area contributed by atoms with E-state index >= 15 is 0 Å². The average Bonchev–Trinajstić information content (AvgIpc) is 3.91. The lowest BCUT2D eigenvalue weighted by molar-refractivity contribution is -0.0420. The van der Waals surface area contributed by atoms with Crippen molar-refractivity contribution in [3.63, 3.8) is 0 Å². The van der Waals surface area contributed by atoms with E-state index in [2.05, 4.69) is 0 Å². The fraction of sp³-hybridized carbons (Fsp3) is 0.368. The third-order valence-electron chi connectivity index (χ3n) is 9.43. The minimum absolute atomic E-state index is 0.203. The molecule has 4 aromatic rings. The highest BCUT2D eigenvalue weighted by Crippen LogP contribution is 2.50. The zero-order valence-electron chi connectivity index (χ0n) is 27.2. The van der Waals surface area contributed by atoms with Crippen LogP contribution in [0.2, 0.25) is 0 Å². The van der Waals surface area contributed by atoms with E-state index < -0.39 is 12.2 Å². The Labute approximate surface area is 264 Å². The molecule has 0 radical (unpaired) electrons. The number of hydrogen-bond donors (Lipinski definition) is 4. The number of benzene rings is 4. The largest absolute Gasteiger partial charge is 0.507 e. The molecule has 4 unspecified atom stereocenters. The zero-order valence-corrected chi connectivity index (χ0v) is 27.2. The van der Waals surface area contributed by atoms with Crippen molar-refractivity contribution in [2.45, 2.75) is 79.8 Å². The number of phenols is 4. The van der Waals surface area contributed by atoms with Crippen LogP contribution in [-0.4, -0.2) is 45.8 Å². The van der Waals surface area contributed by atoms with E-state index in [1.54, 1.807) is 0 Å². The molecule has 45 heavy (non-hydrogen) atoms. The Hall–Kier alpha value is -4.04. The first-order valence-electron chi connectivity index (χ1n) is 15.4. The molecule has 236 valence electrons. The van der Waals surface area contributed by atoms with Gasteiger partial charge in [0.25, 0.3) is 0 Å². The summed E-state index contributed by atoms with van der Waals surface area (Å²) < 4.78 is 19.0. The molecule has 0 aromatic heterocycles. The van der Waals surface area contributed by atoms with Crippen LogP contribution in [0.1, 0.15) is 67.8 Å². The summed E-state index contributed by atoms with van der Waals surface area (Å²) in [6.07, 6.45) is -1.61. The lowest BCUT2D eigenvalue weighted by Gasteiger charge is -2.30. The number of rotatable bonds is 8. The fourth-order valence-corrected chi connectivity index (χ4v) is 6.71. The van der Waals surface area contributed by atoms with Gasteiger partial charge in [-0.3, -0.25) is 0 Å². The van der Waals surface area contributed by atoms with E-state index in [0.717, 1.165) is 66.8 Å². The second-order valence-electron chi connectivity index (χ2n) is 12.9. The van der Waals surface area contributed by atoms with Gasteiger partial charge in [-0.15, -0.1) is 0 Å². The van der Waals surface area contributed by atoms with E-state index in [9.17, 15) is 20.4 Å². The van der Waals surface area contributed by atoms with Gasteiger partial charge in [0, 0.05) is 0 Å². The minimum atomic E-state index is -0.561. The number of aromatic hydroxyl groups is 4. The molecule has 0 bridgehead atoms. The van der Waals surface area contributed by atoms with E-state index in [4.69, 9.17) is 14.2 Å². The van der Waals surface area contributed by atoms with Crippen LogP contribution >= 0.6 is 0 Å². The van der Waals surface area contributed by atoms with Gasteiger partial charge in [-0.25, -0.2) is 0 Å². The maximum absolute atomic E-state index is 11.2. The summed E-state index contributed by atoms with van der Waals surface area (Å²) in [7, 11) is 0. The second-order valence-corrected chi connectivity index (χ2v) is 12.9. The summed E-state index contributed by atoms with van der Waals surface area (Å²) in [6.45, 7) is 16.1. The molecular weight excluding hydrogens is 568 g/mol. The van der Waals surface area contributed by atoms with Crippen LogP contribution in [0.3, 0.4) is 0 Å². The molecule has 0 spiro atoms. The molecule has 2 saturated heterocycles. The maximum atomic E-state index is 11.2. The smallest absolute Gasteiger partial charge is 0.121 e. The Morgan fingerprint density at radius 1 is 0.511 bits per heavy atom. The van der Waals surface area contributed by atoms with Gasteiger partial charge in [0.2, 0.25) is 0 Å². The third-order valence-corrected chi connectivity index (χ3v) is 9.43. The van der Waals surface area contributed by atoms with Crippen molar-refractivity contribution in [2.24, 2.45) is 0 Å². The van der Waals surface area contributed by atoms with E-state index in [-0.39, 0.29) is 35.2 Å². The van der Waals surface area contributed by atoms with E-state index in [1.807, 2.05) is 91.8 Å². The lowest BCUT2D eigenvalue weighted by Crippen LogP contribution is -2.22. The Morgan fingerprint density at radius 2 is 0.800 bits per heavy atom. The molecule has 6 rings (SSSR count). The fourth-order valence-electron chi connectivity index (χ4n) is 6.71. The standard InChI is InChI=1S/C38H42O7/c1-17-9-25(10-18(2)33(17)39)27-13-21(5)35(41)23(7)31(27)37(29-15-43-29)45-38(30-16-44-30)32-24(8)36(42)22(6)14-28(32)26-11-19(3)34(40)20(4)12-26/h9-14,29-30,37-42H,15-16H2,1-8H3. The summed E-state index contributed by atoms with van der Waals surface area (Å²) in [6, 6.07) is 11.8. The number of aryl methyl sites for hydroxylation is 6. The maximum Gasteiger partial charge on any atom is 0.121 e. The third kappa shape index (κ3) is 5.54. The summed E-state index contributed by atoms with van der Waals surface area (Å²) in [5.74, 6) is 0.932. The number of phenolic OH excluding ortho intramolecular Hbond substituents is 4. The van der Waals surface area contributed by atoms with Crippen LogP contribution in [0, 0.1) is 55.4 Å². The quantitative estimate of drug-likeness (QED) is 0.150. The molecule has 4 N–H and O–H groups in total. The molecule has 4 atom stereocenters. The summed E-state index contributed by atoms with van der Waals surface area (Å²) in [4.78, 5) is 0. The molecule has 2 aliphatic rings. The molecular formula is C38H42O7. The van der Waals surface area contributed by atoms with Gasteiger partial charge in [-0.1, -0.05) is 0 Å². The van der Waals surface area contributed by atoms with Gasteiger partial charge in [0.15, 0.2) is 0 Å². The van der Waals surface area contributed by atoms with E-state index in [0.29, 0.717) is 24.3 Å². The first-order chi connectivity index (χ1) is 21.3. The van der Waals surface area contributed by atoms with E-state index in [1.165, 1.54) is 0 Å². The van der Waals surface area contributed by atoms with Gasteiger partial charge in [0.1, 0.15) is 47.4 Å². The molecule has 7 nitrogen and oxygen atoms in total. The zero-order chi connectivity index (χ0) is 32.5. The summed E-state index contributed by atoms with van der Waals surface area (Å²) in [5.41, 5.74) is 11.2. The molecule has 0 aliphatic carbocycles. The van der Waals surface area contributed by atoms with Crippen LogP contribution in [0.15, 0.2) is 36.4 Å². The summed E-state index contributed by atoms with van der Waals surface area (Å²) in [5, 5.41) is 43.4. The number of hydrogen-bond acceptors (Lipinski definition) is 7. The Kier molecular flexibility index (Phi) is 7.84. The lowest BCUT2D eigenvalue weighted by atomic mass is 9.86. The normalized spacial score (nSPS) is 18.6. The molecule has 4 aromatic carbocycles. The second kappa shape index (κ2) is 11.4. The van der Waals surface area contributed by atoms with Crippen molar-refractivity contribution in [3.05, 3.63) is 92.0 Å². The van der Waals surface area contributed by atoms with Gasteiger partial charge >= 0.3 is 0 Å². The highest BCUT2D eigenvalue weighted by molar-refractivity contribution is 5.76. The minimum Gasteiger partial charge on any atom is -0.507 e. The van der Waals surface area contributed by atoms with Gasteiger partial charge in [-0.2, -0.15) is 0 Å². The Morgan fingerprint density at radius 3 is 1.09 bits per heavy atom. The molecule has 7 heteroatoms. The van der Waals surface area contributed by atoms with Crippen molar-refractivity contribution in [1.82, 2.24) is 0 Å². The van der Waals surface area contributed by atoms with Gasteiger partial charge < -0.3 is 34.6 Å². The van der Waals surface area contributed by atoms with Crippen molar-refractivity contribution in [3.8, 4) is 45.3 Å². The van der Waals surface area contributed by atoms with Crippen LogP contribution in [0.4, 0.5) is 0 Å². The van der Waals surface area contributed by atoms with Crippen LogP contribution < -0.4 is 0 Å². The Bertz CT molecular complexity index is 1650. The topological polar surface area (TPSA) is 115 Å². The van der Waals surface area contributed by atoms with Crippen molar-refractivity contribution in [2.75, 3.05) is 13.2 Å².